The summed E-state index contributed by atoms with van der Waals surface area (Å²) in [6.45, 7) is -0.0592. The highest BCUT2D eigenvalue weighted by Crippen LogP contribution is 2.25. The van der Waals surface area contributed by atoms with Crippen molar-refractivity contribution in [2.24, 2.45) is 0 Å². The number of nitro groups is 1. The number of benzene rings is 1. The Labute approximate surface area is 107 Å². The molecule has 0 saturated heterocycles. The summed E-state index contributed by atoms with van der Waals surface area (Å²) in [6.07, 6.45) is 1.86. The van der Waals surface area contributed by atoms with Crippen LogP contribution in [0.5, 0.6) is 0 Å². The van der Waals surface area contributed by atoms with Crippen molar-refractivity contribution in [3.63, 3.8) is 0 Å². The van der Waals surface area contributed by atoms with Crippen LogP contribution in [0.15, 0.2) is 24.4 Å². The lowest BCUT2D eigenvalue weighted by atomic mass is 10.2. The van der Waals surface area contributed by atoms with E-state index in [2.05, 4.69) is 10.3 Å². The number of halogens is 1. The zero-order valence-electron chi connectivity index (χ0n) is 9.15. The topological polar surface area (TPSA) is 94.1 Å². The van der Waals surface area contributed by atoms with Gasteiger partial charge in [0.05, 0.1) is 16.8 Å². The molecule has 0 fully saturated rings. The molecule has 0 unspecified atom stereocenters. The van der Waals surface area contributed by atoms with Crippen molar-refractivity contribution in [2.75, 3.05) is 6.61 Å². The second-order valence-corrected chi connectivity index (χ2v) is 3.95. The van der Waals surface area contributed by atoms with E-state index in [9.17, 15) is 10.1 Å². The molecular weight excluding hydrogens is 260 g/mol. The summed E-state index contributed by atoms with van der Waals surface area (Å²) in [6, 6.07) is 4.19. The first-order valence-electron chi connectivity index (χ1n) is 5.08. The molecule has 0 atom stereocenters. The fourth-order valence-electron chi connectivity index (χ4n) is 1.48. The molecule has 0 aliphatic rings. The molecule has 0 aliphatic carbocycles. The molecule has 7 nitrogen and oxygen atoms in total. The molecule has 1 aromatic heterocycles. The fraction of sp³-hybridized carbons (Fsp3) is 0.200. The van der Waals surface area contributed by atoms with Crippen LogP contribution in [0.1, 0.15) is 5.69 Å². The summed E-state index contributed by atoms with van der Waals surface area (Å²) < 4.78 is 1.27. The van der Waals surface area contributed by atoms with Crippen molar-refractivity contribution in [1.82, 2.24) is 15.0 Å². The van der Waals surface area contributed by atoms with Crippen LogP contribution in [0.4, 0.5) is 5.69 Å². The minimum absolute atomic E-state index is 0.0592. The normalized spacial score (nSPS) is 10.6. The third-order valence-corrected chi connectivity index (χ3v) is 2.52. The Morgan fingerprint density at radius 1 is 1.50 bits per heavy atom. The average molecular weight is 269 g/mol. The second kappa shape index (κ2) is 5.11. The monoisotopic (exact) mass is 268 g/mol. The number of hydrogen-bond donors (Lipinski definition) is 1. The van der Waals surface area contributed by atoms with Gasteiger partial charge in [0.2, 0.25) is 0 Å². The molecule has 2 aromatic rings. The van der Waals surface area contributed by atoms with E-state index in [1.807, 2.05) is 0 Å². The number of aromatic nitrogens is 3. The summed E-state index contributed by atoms with van der Waals surface area (Å²) >= 11 is 5.82. The van der Waals surface area contributed by atoms with E-state index in [4.69, 9.17) is 16.7 Å². The average Bonchev–Trinajstić information content (AvgIpc) is 2.77. The molecule has 0 amide bonds. The number of rotatable bonds is 4. The molecule has 1 aromatic carbocycles. The van der Waals surface area contributed by atoms with Crippen molar-refractivity contribution in [2.45, 2.75) is 6.42 Å². The molecule has 2 rings (SSSR count). The van der Waals surface area contributed by atoms with Gasteiger partial charge in [-0.05, 0) is 12.1 Å². The summed E-state index contributed by atoms with van der Waals surface area (Å²) in [5.74, 6) is 0. The third kappa shape index (κ3) is 2.47. The lowest BCUT2D eigenvalue weighted by Crippen LogP contribution is -2.00. The van der Waals surface area contributed by atoms with E-state index >= 15 is 0 Å². The van der Waals surface area contributed by atoms with Gasteiger partial charge in [0, 0.05) is 24.1 Å². The van der Waals surface area contributed by atoms with E-state index in [0.29, 0.717) is 17.1 Å². The Morgan fingerprint density at radius 3 is 2.94 bits per heavy atom. The first-order chi connectivity index (χ1) is 8.61. The van der Waals surface area contributed by atoms with Crippen molar-refractivity contribution in [3.05, 3.63) is 45.2 Å². The number of hydrogen-bond acceptors (Lipinski definition) is 5. The maximum Gasteiger partial charge on any atom is 0.295 e. The highest BCUT2D eigenvalue weighted by molar-refractivity contribution is 6.30. The maximum atomic E-state index is 10.9. The van der Waals surface area contributed by atoms with Gasteiger partial charge in [0.25, 0.3) is 5.69 Å². The Balaban J connectivity index is 2.47. The van der Waals surface area contributed by atoms with Crippen molar-refractivity contribution >= 4 is 17.3 Å². The van der Waals surface area contributed by atoms with Crippen molar-refractivity contribution < 1.29 is 10.0 Å². The van der Waals surface area contributed by atoms with Crippen LogP contribution < -0.4 is 0 Å². The first kappa shape index (κ1) is 12.5. The predicted molar refractivity (Wildman–Crippen MR) is 63.8 cm³/mol. The van der Waals surface area contributed by atoms with Gasteiger partial charge < -0.3 is 5.11 Å². The zero-order chi connectivity index (χ0) is 13.1. The van der Waals surface area contributed by atoms with Gasteiger partial charge in [-0.1, -0.05) is 16.8 Å². The molecule has 0 bridgehead atoms. The van der Waals surface area contributed by atoms with Gasteiger partial charge in [0.1, 0.15) is 5.69 Å². The Kier molecular flexibility index (Phi) is 3.54. The molecule has 0 spiro atoms. The van der Waals surface area contributed by atoms with E-state index in [-0.39, 0.29) is 18.0 Å². The highest BCUT2D eigenvalue weighted by atomic mass is 35.5. The van der Waals surface area contributed by atoms with Crippen molar-refractivity contribution in [3.8, 4) is 5.69 Å². The molecule has 0 saturated carbocycles. The van der Waals surface area contributed by atoms with E-state index < -0.39 is 4.92 Å². The van der Waals surface area contributed by atoms with E-state index in [1.165, 1.54) is 29.1 Å². The van der Waals surface area contributed by atoms with Gasteiger partial charge >= 0.3 is 0 Å². The van der Waals surface area contributed by atoms with Crippen LogP contribution in [-0.4, -0.2) is 31.6 Å². The van der Waals surface area contributed by atoms with Gasteiger partial charge in [-0.15, -0.1) is 5.10 Å². The van der Waals surface area contributed by atoms with Gasteiger partial charge in [0.15, 0.2) is 0 Å². The van der Waals surface area contributed by atoms with Crippen molar-refractivity contribution in [1.29, 1.82) is 0 Å². The third-order valence-electron chi connectivity index (χ3n) is 2.29. The molecule has 18 heavy (non-hydrogen) atoms. The van der Waals surface area contributed by atoms with Crippen LogP contribution >= 0.6 is 11.6 Å². The second-order valence-electron chi connectivity index (χ2n) is 3.52. The number of aliphatic hydroxyl groups is 1. The smallest absolute Gasteiger partial charge is 0.295 e. The molecule has 0 radical (unpaired) electrons. The zero-order valence-corrected chi connectivity index (χ0v) is 9.91. The quantitative estimate of drug-likeness (QED) is 0.667. The van der Waals surface area contributed by atoms with Crippen LogP contribution in [0.2, 0.25) is 5.02 Å². The predicted octanol–water partition coefficient (Wildman–Crippen LogP) is 1.36. The lowest BCUT2D eigenvalue weighted by molar-refractivity contribution is -0.384. The first-order valence-corrected chi connectivity index (χ1v) is 5.46. The lowest BCUT2D eigenvalue weighted by Gasteiger charge is -2.02. The van der Waals surface area contributed by atoms with Gasteiger partial charge in [-0.25, -0.2) is 4.68 Å². The van der Waals surface area contributed by atoms with Crippen LogP contribution in [0, 0.1) is 10.1 Å². The standard InChI is InChI=1S/C10H9ClN4O3/c11-7-1-2-9(15(17)18)10(5-7)14-6-8(3-4-16)12-13-14/h1-2,5-6,16H,3-4H2. The molecule has 8 heteroatoms. The Bertz CT molecular complexity index is 584. The highest BCUT2D eigenvalue weighted by Gasteiger charge is 2.17. The molecule has 1 N–H and O–H groups in total. The summed E-state index contributed by atoms with van der Waals surface area (Å²) in [7, 11) is 0. The fourth-order valence-corrected chi connectivity index (χ4v) is 1.65. The largest absolute Gasteiger partial charge is 0.396 e. The molecule has 94 valence electrons. The number of nitrogens with zero attached hydrogens (tertiary/aromatic N) is 4. The van der Waals surface area contributed by atoms with Gasteiger partial charge in [-0.3, -0.25) is 10.1 Å². The summed E-state index contributed by atoms with van der Waals surface area (Å²) in [5.41, 5.74) is 0.677. The number of nitro benzene ring substituents is 1. The SMILES string of the molecule is O=[N+]([O-])c1ccc(Cl)cc1-n1cc(CCO)nn1. The number of aliphatic hydroxyl groups excluding tert-OH is 1. The van der Waals surface area contributed by atoms with E-state index in [0.717, 1.165) is 0 Å². The molecular formula is C10H9ClN4O3. The van der Waals surface area contributed by atoms with Crippen LogP contribution in [0.25, 0.3) is 5.69 Å². The molecule has 1 heterocycles. The minimum Gasteiger partial charge on any atom is -0.396 e. The molecule has 0 aliphatic heterocycles. The maximum absolute atomic E-state index is 10.9. The minimum atomic E-state index is -0.515. The Hall–Kier alpha value is -1.99. The van der Waals surface area contributed by atoms with Crippen LogP contribution in [-0.2, 0) is 6.42 Å². The Morgan fingerprint density at radius 2 is 2.28 bits per heavy atom. The summed E-state index contributed by atoms with van der Waals surface area (Å²) in [5, 5.41) is 27.6. The van der Waals surface area contributed by atoms with Gasteiger partial charge in [-0.2, -0.15) is 0 Å². The van der Waals surface area contributed by atoms with Crippen LogP contribution in [0.3, 0.4) is 0 Å². The summed E-state index contributed by atoms with van der Waals surface area (Å²) in [4.78, 5) is 10.4. The van der Waals surface area contributed by atoms with E-state index in [1.54, 1.807) is 0 Å².